The SMILES string of the molecule is N#CCc1nc2c(F)c(F)ccc2[nH]1. The highest BCUT2D eigenvalue weighted by Gasteiger charge is 2.11. The first-order valence-corrected chi connectivity index (χ1v) is 3.92. The molecule has 0 atom stereocenters. The van der Waals surface area contributed by atoms with E-state index in [0.717, 1.165) is 6.07 Å². The summed E-state index contributed by atoms with van der Waals surface area (Å²) < 4.78 is 25.9. The number of nitriles is 1. The third kappa shape index (κ3) is 1.21. The third-order valence-electron chi connectivity index (χ3n) is 1.84. The highest BCUT2D eigenvalue weighted by molar-refractivity contribution is 5.75. The third-order valence-corrected chi connectivity index (χ3v) is 1.84. The number of nitrogens with one attached hydrogen (secondary N) is 1. The maximum atomic E-state index is 13.1. The van der Waals surface area contributed by atoms with Gasteiger partial charge in [0.1, 0.15) is 11.3 Å². The van der Waals surface area contributed by atoms with Crippen molar-refractivity contribution < 1.29 is 8.78 Å². The van der Waals surface area contributed by atoms with Crippen molar-refractivity contribution in [1.82, 2.24) is 9.97 Å². The molecule has 1 N–H and O–H groups in total. The molecule has 0 saturated carbocycles. The second kappa shape index (κ2) is 3.07. The van der Waals surface area contributed by atoms with Crippen LogP contribution in [0, 0.1) is 23.0 Å². The summed E-state index contributed by atoms with van der Waals surface area (Å²) in [6, 6.07) is 4.28. The summed E-state index contributed by atoms with van der Waals surface area (Å²) in [4.78, 5) is 6.49. The van der Waals surface area contributed by atoms with E-state index in [4.69, 9.17) is 5.26 Å². The van der Waals surface area contributed by atoms with Crippen molar-refractivity contribution in [1.29, 1.82) is 5.26 Å². The number of halogens is 2. The minimum absolute atomic E-state index is 0.0513. The zero-order valence-electron chi connectivity index (χ0n) is 7.01. The molecule has 0 bridgehead atoms. The van der Waals surface area contributed by atoms with Gasteiger partial charge in [-0.15, -0.1) is 0 Å². The predicted octanol–water partition coefficient (Wildman–Crippen LogP) is 1.91. The smallest absolute Gasteiger partial charge is 0.186 e. The number of hydrogen-bond donors (Lipinski definition) is 1. The van der Waals surface area contributed by atoms with Crippen LogP contribution in [0.1, 0.15) is 5.82 Å². The fourth-order valence-electron chi connectivity index (χ4n) is 1.23. The molecule has 1 aromatic heterocycles. The average molecular weight is 193 g/mol. The Hall–Kier alpha value is -1.96. The van der Waals surface area contributed by atoms with Gasteiger partial charge in [0.05, 0.1) is 18.0 Å². The molecule has 2 rings (SSSR count). The van der Waals surface area contributed by atoms with Crippen LogP contribution in [0.3, 0.4) is 0 Å². The van der Waals surface area contributed by atoms with E-state index in [9.17, 15) is 8.78 Å². The summed E-state index contributed by atoms with van der Waals surface area (Å²) in [5.74, 6) is -1.58. The Morgan fingerprint density at radius 3 is 2.93 bits per heavy atom. The zero-order valence-corrected chi connectivity index (χ0v) is 7.01. The van der Waals surface area contributed by atoms with Gasteiger partial charge in [-0.3, -0.25) is 0 Å². The molecular weight excluding hydrogens is 188 g/mol. The Kier molecular flexibility index (Phi) is 1.89. The van der Waals surface area contributed by atoms with E-state index in [2.05, 4.69) is 9.97 Å². The van der Waals surface area contributed by atoms with Gasteiger partial charge < -0.3 is 4.98 Å². The molecule has 0 fully saturated rings. The predicted molar refractivity (Wildman–Crippen MR) is 45.3 cm³/mol. The number of aromatic nitrogens is 2. The van der Waals surface area contributed by atoms with E-state index in [1.54, 1.807) is 0 Å². The Bertz CT molecular complexity index is 525. The Labute approximate surface area is 78.0 Å². The zero-order chi connectivity index (χ0) is 10.1. The van der Waals surface area contributed by atoms with Crippen molar-refractivity contribution in [2.45, 2.75) is 6.42 Å². The van der Waals surface area contributed by atoms with Crippen molar-refractivity contribution >= 4 is 11.0 Å². The topological polar surface area (TPSA) is 52.5 Å². The van der Waals surface area contributed by atoms with Crippen molar-refractivity contribution in [3.8, 4) is 6.07 Å². The van der Waals surface area contributed by atoms with Crippen LogP contribution in [0.4, 0.5) is 8.78 Å². The molecule has 0 aliphatic heterocycles. The van der Waals surface area contributed by atoms with E-state index in [1.165, 1.54) is 6.07 Å². The molecule has 14 heavy (non-hydrogen) atoms. The first-order chi connectivity index (χ1) is 6.72. The van der Waals surface area contributed by atoms with E-state index in [0.29, 0.717) is 11.3 Å². The minimum Gasteiger partial charge on any atom is -0.341 e. The highest BCUT2D eigenvalue weighted by atomic mass is 19.2. The van der Waals surface area contributed by atoms with Crippen LogP contribution < -0.4 is 0 Å². The van der Waals surface area contributed by atoms with Crippen molar-refractivity contribution in [3.05, 3.63) is 29.6 Å². The molecule has 0 spiro atoms. The van der Waals surface area contributed by atoms with Crippen LogP contribution in [-0.2, 0) is 6.42 Å². The van der Waals surface area contributed by atoms with Crippen LogP contribution in [0.2, 0.25) is 0 Å². The molecule has 0 aliphatic carbocycles. The number of nitrogens with zero attached hydrogens (tertiary/aromatic N) is 2. The summed E-state index contributed by atoms with van der Waals surface area (Å²) in [6.07, 6.45) is 0.0513. The van der Waals surface area contributed by atoms with Crippen molar-refractivity contribution in [2.75, 3.05) is 0 Å². The molecule has 0 saturated heterocycles. The number of hydrogen-bond acceptors (Lipinski definition) is 2. The minimum atomic E-state index is -0.983. The number of rotatable bonds is 1. The fourth-order valence-corrected chi connectivity index (χ4v) is 1.23. The van der Waals surface area contributed by atoms with Gasteiger partial charge in [0, 0.05) is 0 Å². The van der Waals surface area contributed by atoms with Gasteiger partial charge in [-0.2, -0.15) is 5.26 Å². The molecule has 1 aromatic carbocycles. The van der Waals surface area contributed by atoms with E-state index in [-0.39, 0.29) is 11.9 Å². The first kappa shape index (κ1) is 8.63. The van der Waals surface area contributed by atoms with Crippen molar-refractivity contribution in [3.63, 3.8) is 0 Å². The fraction of sp³-hybridized carbons (Fsp3) is 0.111. The second-order valence-electron chi connectivity index (χ2n) is 2.78. The number of aromatic amines is 1. The average Bonchev–Trinajstić information content (AvgIpc) is 2.56. The van der Waals surface area contributed by atoms with Crippen LogP contribution in [0.15, 0.2) is 12.1 Å². The van der Waals surface area contributed by atoms with Gasteiger partial charge in [0.15, 0.2) is 11.6 Å². The quantitative estimate of drug-likeness (QED) is 0.752. The Morgan fingerprint density at radius 2 is 2.21 bits per heavy atom. The summed E-state index contributed by atoms with van der Waals surface area (Å²) in [5, 5.41) is 8.39. The van der Waals surface area contributed by atoms with E-state index in [1.807, 2.05) is 6.07 Å². The molecule has 3 nitrogen and oxygen atoms in total. The van der Waals surface area contributed by atoms with E-state index < -0.39 is 11.6 Å². The largest absolute Gasteiger partial charge is 0.341 e. The molecule has 2 aromatic rings. The lowest BCUT2D eigenvalue weighted by molar-refractivity contribution is 0.515. The number of H-pyrrole nitrogens is 1. The Morgan fingerprint density at radius 1 is 1.43 bits per heavy atom. The summed E-state index contributed by atoms with van der Waals surface area (Å²) >= 11 is 0. The number of benzene rings is 1. The Balaban J connectivity index is 2.66. The van der Waals surface area contributed by atoms with Gasteiger partial charge in [0.2, 0.25) is 0 Å². The van der Waals surface area contributed by atoms with Gasteiger partial charge in [0.25, 0.3) is 0 Å². The summed E-state index contributed by atoms with van der Waals surface area (Å²) in [6.45, 7) is 0. The molecule has 0 unspecified atom stereocenters. The monoisotopic (exact) mass is 193 g/mol. The second-order valence-corrected chi connectivity index (χ2v) is 2.78. The highest BCUT2D eigenvalue weighted by Crippen LogP contribution is 2.17. The number of imidazole rings is 1. The van der Waals surface area contributed by atoms with Crippen LogP contribution in [-0.4, -0.2) is 9.97 Å². The maximum absolute atomic E-state index is 13.1. The van der Waals surface area contributed by atoms with E-state index >= 15 is 0 Å². The molecule has 0 aliphatic rings. The van der Waals surface area contributed by atoms with Crippen molar-refractivity contribution in [2.24, 2.45) is 0 Å². The van der Waals surface area contributed by atoms with Crippen LogP contribution in [0.5, 0.6) is 0 Å². The lowest BCUT2D eigenvalue weighted by Gasteiger charge is -1.91. The van der Waals surface area contributed by atoms with Gasteiger partial charge in [-0.25, -0.2) is 13.8 Å². The van der Waals surface area contributed by atoms with Gasteiger partial charge in [-0.05, 0) is 12.1 Å². The molecular formula is C9H5F2N3. The number of fused-ring (bicyclic) bond motifs is 1. The molecule has 0 radical (unpaired) electrons. The van der Waals surface area contributed by atoms with Gasteiger partial charge in [-0.1, -0.05) is 0 Å². The van der Waals surface area contributed by atoms with Crippen LogP contribution in [0.25, 0.3) is 11.0 Å². The maximum Gasteiger partial charge on any atom is 0.186 e. The standard InChI is InChI=1S/C9H5F2N3/c10-5-1-2-6-9(8(5)11)14-7(13-6)3-4-12/h1-2H,3H2,(H,13,14). The molecule has 70 valence electrons. The lowest BCUT2D eigenvalue weighted by atomic mass is 10.3. The molecule has 1 heterocycles. The summed E-state index contributed by atoms with van der Waals surface area (Å²) in [7, 11) is 0. The lowest BCUT2D eigenvalue weighted by Crippen LogP contribution is -1.85. The first-order valence-electron chi connectivity index (χ1n) is 3.92. The molecule has 5 heteroatoms. The summed E-state index contributed by atoms with van der Waals surface area (Å²) in [5.41, 5.74) is 0.337. The van der Waals surface area contributed by atoms with Gasteiger partial charge >= 0.3 is 0 Å². The molecule has 0 amide bonds. The van der Waals surface area contributed by atoms with Crippen LogP contribution >= 0.6 is 0 Å². The normalized spacial score (nSPS) is 10.4.